The molecule has 0 aliphatic carbocycles. The van der Waals surface area contributed by atoms with Crippen LogP contribution in [0.1, 0.15) is 23.7 Å². The van der Waals surface area contributed by atoms with Crippen molar-refractivity contribution >= 4 is 35.4 Å². The van der Waals surface area contributed by atoms with Crippen LogP contribution < -0.4 is 5.32 Å². The van der Waals surface area contributed by atoms with Gasteiger partial charge in [-0.15, -0.1) is 11.8 Å². The van der Waals surface area contributed by atoms with Crippen molar-refractivity contribution in [3.05, 3.63) is 28.3 Å². The van der Waals surface area contributed by atoms with Crippen LogP contribution in [0.5, 0.6) is 0 Å². The first kappa shape index (κ1) is 11.9. The molecule has 1 fully saturated rings. The molecule has 0 aromatic heterocycles. The first-order valence-corrected chi connectivity index (χ1v) is 6.98. The van der Waals surface area contributed by atoms with Crippen LogP contribution in [0.2, 0.25) is 5.02 Å². The number of carbonyl (C=O) groups is 2. The number of hydrogen-bond acceptors (Lipinski definition) is 4. The van der Waals surface area contributed by atoms with E-state index >= 15 is 0 Å². The SMILES string of the molecule is O=C1NC(=O)C(c2cc(Cl)cc3c2SCCC3)O1. The Morgan fingerprint density at radius 2 is 2.22 bits per heavy atom. The van der Waals surface area contributed by atoms with Gasteiger partial charge >= 0.3 is 6.09 Å². The van der Waals surface area contributed by atoms with Crippen molar-refractivity contribution in [2.24, 2.45) is 0 Å². The zero-order valence-electron chi connectivity index (χ0n) is 9.36. The van der Waals surface area contributed by atoms with Gasteiger partial charge < -0.3 is 4.74 Å². The van der Waals surface area contributed by atoms with E-state index in [0.717, 1.165) is 29.1 Å². The van der Waals surface area contributed by atoms with Crippen LogP contribution >= 0.6 is 23.4 Å². The fourth-order valence-corrected chi connectivity index (χ4v) is 3.65. The molecule has 2 aliphatic heterocycles. The van der Waals surface area contributed by atoms with Gasteiger partial charge in [0.25, 0.3) is 5.91 Å². The maximum atomic E-state index is 11.7. The molecule has 0 bridgehead atoms. The number of aryl methyl sites for hydroxylation is 1. The Morgan fingerprint density at radius 1 is 1.39 bits per heavy atom. The molecular weight excluding hydrogens is 274 g/mol. The summed E-state index contributed by atoms with van der Waals surface area (Å²) in [6, 6.07) is 3.63. The summed E-state index contributed by atoms with van der Waals surface area (Å²) in [7, 11) is 0. The lowest BCUT2D eigenvalue weighted by atomic mass is 10.0. The van der Waals surface area contributed by atoms with E-state index in [0.29, 0.717) is 10.6 Å². The lowest BCUT2D eigenvalue weighted by Crippen LogP contribution is -2.21. The largest absolute Gasteiger partial charge is 0.431 e. The van der Waals surface area contributed by atoms with Crippen LogP contribution in [0.25, 0.3) is 0 Å². The average Bonchev–Trinajstić information content (AvgIpc) is 2.67. The third kappa shape index (κ3) is 1.97. The summed E-state index contributed by atoms with van der Waals surface area (Å²) in [5.74, 6) is 0.583. The monoisotopic (exact) mass is 283 g/mol. The summed E-state index contributed by atoms with van der Waals surface area (Å²) < 4.78 is 5.01. The van der Waals surface area contributed by atoms with Gasteiger partial charge in [-0.2, -0.15) is 0 Å². The van der Waals surface area contributed by atoms with Crippen LogP contribution in [0.3, 0.4) is 0 Å². The van der Waals surface area contributed by atoms with Crippen molar-refractivity contribution in [3.63, 3.8) is 0 Å². The van der Waals surface area contributed by atoms with Gasteiger partial charge in [-0.3, -0.25) is 10.1 Å². The van der Waals surface area contributed by atoms with Crippen molar-refractivity contribution in [1.82, 2.24) is 5.32 Å². The van der Waals surface area contributed by atoms with E-state index in [1.54, 1.807) is 17.8 Å². The minimum atomic E-state index is -0.865. The second-order valence-electron chi connectivity index (χ2n) is 4.21. The number of rotatable bonds is 1. The number of carbonyl (C=O) groups excluding carboxylic acids is 2. The first-order valence-electron chi connectivity index (χ1n) is 5.62. The normalized spacial score (nSPS) is 22.4. The Hall–Kier alpha value is -1.20. The highest BCUT2D eigenvalue weighted by molar-refractivity contribution is 7.99. The Labute approximate surface area is 113 Å². The van der Waals surface area contributed by atoms with Gasteiger partial charge in [0.1, 0.15) is 0 Å². The minimum absolute atomic E-state index is 0.421. The molecule has 0 radical (unpaired) electrons. The maximum absolute atomic E-state index is 11.7. The number of benzene rings is 1. The lowest BCUT2D eigenvalue weighted by molar-refractivity contribution is -0.123. The van der Waals surface area contributed by atoms with Crippen LogP contribution in [-0.4, -0.2) is 17.8 Å². The second-order valence-corrected chi connectivity index (χ2v) is 5.75. The summed E-state index contributed by atoms with van der Waals surface area (Å²) in [6.45, 7) is 0. The number of amides is 2. The van der Waals surface area contributed by atoms with E-state index in [2.05, 4.69) is 5.32 Å². The van der Waals surface area contributed by atoms with E-state index < -0.39 is 18.1 Å². The number of fused-ring (bicyclic) bond motifs is 1. The van der Waals surface area contributed by atoms with Crippen molar-refractivity contribution in [2.45, 2.75) is 23.8 Å². The zero-order valence-corrected chi connectivity index (χ0v) is 10.9. The molecule has 1 saturated heterocycles. The zero-order chi connectivity index (χ0) is 12.7. The van der Waals surface area contributed by atoms with Gasteiger partial charge in [-0.1, -0.05) is 11.6 Å². The molecule has 1 unspecified atom stereocenters. The quantitative estimate of drug-likeness (QED) is 0.861. The van der Waals surface area contributed by atoms with Crippen LogP contribution in [0.4, 0.5) is 4.79 Å². The topological polar surface area (TPSA) is 55.4 Å². The molecule has 1 aromatic rings. The molecular formula is C12H10ClNO3S. The summed E-state index contributed by atoms with van der Waals surface area (Å²) in [6.07, 6.45) is 0.474. The Morgan fingerprint density at radius 3 is 2.94 bits per heavy atom. The predicted molar refractivity (Wildman–Crippen MR) is 67.9 cm³/mol. The van der Waals surface area contributed by atoms with Gasteiger partial charge in [-0.25, -0.2) is 4.79 Å². The molecule has 0 saturated carbocycles. The van der Waals surface area contributed by atoms with E-state index in [1.807, 2.05) is 6.07 Å². The van der Waals surface area contributed by atoms with Gasteiger partial charge in [0.2, 0.25) is 6.10 Å². The lowest BCUT2D eigenvalue weighted by Gasteiger charge is -2.20. The first-order chi connectivity index (χ1) is 8.65. The van der Waals surface area contributed by atoms with Crippen molar-refractivity contribution in [2.75, 3.05) is 5.75 Å². The number of nitrogens with one attached hydrogen (secondary N) is 1. The Balaban J connectivity index is 2.08. The van der Waals surface area contributed by atoms with Gasteiger partial charge in [-0.05, 0) is 36.3 Å². The van der Waals surface area contributed by atoms with Crippen molar-refractivity contribution in [3.8, 4) is 0 Å². The van der Waals surface area contributed by atoms with Gasteiger partial charge in [0, 0.05) is 15.5 Å². The highest BCUT2D eigenvalue weighted by Crippen LogP contribution is 2.39. The molecule has 94 valence electrons. The molecule has 2 amide bonds. The number of thioether (sulfide) groups is 1. The highest BCUT2D eigenvalue weighted by Gasteiger charge is 2.36. The molecule has 18 heavy (non-hydrogen) atoms. The highest BCUT2D eigenvalue weighted by atomic mass is 35.5. The maximum Gasteiger partial charge on any atom is 0.415 e. The van der Waals surface area contributed by atoms with Crippen molar-refractivity contribution < 1.29 is 14.3 Å². The number of imide groups is 1. The van der Waals surface area contributed by atoms with E-state index in [9.17, 15) is 9.59 Å². The molecule has 3 rings (SSSR count). The molecule has 2 aliphatic rings. The molecule has 6 heteroatoms. The fourth-order valence-electron chi connectivity index (χ4n) is 2.23. The van der Waals surface area contributed by atoms with Gasteiger partial charge in [0.05, 0.1) is 0 Å². The smallest absolute Gasteiger partial charge is 0.415 e. The minimum Gasteiger partial charge on any atom is -0.431 e. The molecule has 1 N–H and O–H groups in total. The molecule has 4 nitrogen and oxygen atoms in total. The van der Waals surface area contributed by atoms with Crippen LogP contribution in [0.15, 0.2) is 17.0 Å². The molecule has 1 atom stereocenters. The third-order valence-electron chi connectivity index (χ3n) is 2.97. The van der Waals surface area contributed by atoms with E-state index in [1.165, 1.54) is 0 Å². The standard InChI is InChI=1S/C12H10ClNO3S/c13-7-4-6-2-1-3-18-10(6)8(5-7)9-11(15)14-12(16)17-9/h4-5,9H,1-3H2,(H,14,15,16). The molecule has 0 spiro atoms. The van der Waals surface area contributed by atoms with Crippen molar-refractivity contribution in [1.29, 1.82) is 0 Å². The Kier molecular flexibility index (Phi) is 2.95. The van der Waals surface area contributed by atoms with Crippen LogP contribution in [0, 0.1) is 0 Å². The van der Waals surface area contributed by atoms with Gasteiger partial charge in [0.15, 0.2) is 0 Å². The number of ether oxygens (including phenoxy) is 1. The van der Waals surface area contributed by atoms with E-state index in [-0.39, 0.29) is 0 Å². The second kappa shape index (κ2) is 4.48. The summed E-state index contributed by atoms with van der Waals surface area (Å²) in [5.41, 5.74) is 1.83. The number of hydrogen-bond donors (Lipinski definition) is 1. The average molecular weight is 284 g/mol. The van der Waals surface area contributed by atoms with E-state index in [4.69, 9.17) is 16.3 Å². The Bertz CT molecular complexity index is 546. The third-order valence-corrected chi connectivity index (χ3v) is 4.46. The number of alkyl carbamates (subject to hydrolysis) is 1. The number of halogens is 1. The predicted octanol–water partition coefficient (Wildman–Crippen LogP) is 2.69. The molecule has 1 aromatic carbocycles. The fraction of sp³-hybridized carbons (Fsp3) is 0.333. The summed E-state index contributed by atoms with van der Waals surface area (Å²) in [4.78, 5) is 23.8. The van der Waals surface area contributed by atoms with Crippen LogP contribution in [-0.2, 0) is 16.0 Å². The molecule has 2 heterocycles. The summed E-state index contributed by atoms with van der Waals surface area (Å²) in [5, 5.41) is 2.71. The number of cyclic esters (lactones) is 1. The summed E-state index contributed by atoms with van der Waals surface area (Å²) >= 11 is 7.75.